The Hall–Kier alpha value is -1.50. The molecule has 1 rings (SSSR count). The molecule has 0 aliphatic heterocycles. The van der Waals surface area contributed by atoms with Crippen molar-refractivity contribution in [3.8, 4) is 0 Å². The van der Waals surface area contributed by atoms with Crippen molar-refractivity contribution >= 4 is 5.91 Å². The lowest BCUT2D eigenvalue weighted by Gasteiger charge is -2.14. The maximum Gasteiger partial charge on any atom is 0.416 e. The molecule has 0 aromatic carbocycles. The van der Waals surface area contributed by atoms with E-state index in [-0.39, 0.29) is 5.56 Å². The molecule has 2 N–H and O–H groups in total. The number of alkyl halides is 3. The van der Waals surface area contributed by atoms with Crippen LogP contribution in [0.25, 0.3) is 0 Å². The minimum absolute atomic E-state index is 0.148. The Kier molecular flexibility index (Phi) is 3.58. The van der Waals surface area contributed by atoms with Gasteiger partial charge in [-0.05, 0) is 13.0 Å². The van der Waals surface area contributed by atoms with Crippen LogP contribution >= 0.6 is 0 Å². The molecular weight excluding hydrogens is 227 g/mol. The van der Waals surface area contributed by atoms with Gasteiger partial charge in [0.25, 0.3) is 5.91 Å². The molecule has 0 saturated heterocycles. The quantitative estimate of drug-likeness (QED) is 0.831. The second-order valence-electron chi connectivity index (χ2n) is 3.16. The Morgan fingerprint density at radius 3 is 2.69 bits per heavy atom. The van der Waals surface area contributed by atoms with E-state index in [4.69, 9.17) is 9.52 Å². The van der Waals surface area contributed by atoms with E-state index in [0.29, 0.717) is 5.76 Å². The summed E-state index contributed by atoms with van der Waals surface area (Å²) in [4.78, 5) is 11.3. The van der Waals surface area contributed by atoms with Crippen LogP contribution < -0.4 is 5.32 Å². The van der Waals surface area contributed by atoms with Gasteiger partial charge in [0.1, 0.15) is 5.76 Å². The van der Waals surface area contributed by atoms with Crippen LogP contribution in [0.15, 0.2) is 16.7 Å². The Labute approximate surface area is 89.1 Å². The van der Waals surface area contributed by atoms with Crippen LogP contribution in [0.3, 0.4) is 0 Å². The molecule has 0 saturated carbocycles. The normalized spacial score (nSPS) is 13.6. The summed E-state index contributed by atoms with van der Waals surface area (Å²) in [5.74, 6) is -0.409. The number of carbonyl (C=O) groups is 1. The first-order valence-corrected chi connectivity index (χ1v) is 4.39. The smallest absolute Gasteiger partial charge is 0.416 e. The number of furan rings is 1. The van der Waals surface area contributed by atoms with Crippen LogP contribution in [-0.2, 0) is 0 Å². The van der Waals surface area contributed by atoms with Gasteiger partial charge < -0.3 is 14.8 Å². The van der Waals surface area contributed by atoms with Crippen molar-refractivity contribution in [1.29, 1.82) is 0 Å². The molecular formula is C9H10F3NO3. The lowest BCUT2D eigenvalue weighted by atomic mass is 10.2. The van der Waals surface area contributed by atoms with E-state index < -0.39 is 24.7 Å². The maximum absolute atomic E-state index is 11.9. The first-order chi connectivity index (χ1) is 7.32. The average Bonchev–Trinajstić information content (AvgIpc) is 2.58. The van der Waals surface area contributed by atoms with E-state index in [2.05, 4.69) is 0 Å². The number of rotatable bonds is 3. The Bertz CT molecular complexity index is 372. The van der Waals surface area contributed by atoms with Gasteiger partial charge in [-0.15, -0.1) is 0 Å². The third-order valence-corrected chi connectivity index (χ3v) is 1.94. The molecule has 90 valence electrons. The number of nitrogens with one attached hydrogen (secondary N) is 1. The molecule has 0 aliphatic rings. The van der Waals surface area contributed by atoms with Crippen LogP contribution in [0.1, 0.15) is 16.1 Å². The van der Waals surface area contributed by atoms with Crippen LogP contribution in [0, 0.1) is 6.92 Å². The first-order valence-electron chi connectivity index (χ1n) is 4.39. The monoisotopic (exact) mass is 237 g/mol. The van der Waals surface area contributed by atoms with Crippen LogP contribution in [0.5, 0.6) is 0 Å². The van der Waals surface area contributed by atoms with Crippen molar-refractivity contribution < 1.29 is 27.5 Å². The van der Waals surface area contributed by atoms with Crippen molar-refractivity contribution in [3.63, 3.8) is 0 Å². The third kappa shape index (κ3) is 2.99. The molecule has 16 heavy (non-hydrogen) atoms. The van der Waals surface area contributed by atoms with E-state index in [1.54, 1.807) is 0 Å². The summed E-state index contributed by atoms with van der Waals surface area (Å²) in [5, 5.41) is 10.6. The molecule has 7 heteroatoms. The average molecular weight is 237 g/mol. The van der Waals surface area contributed by atoms with Gasteiger partial charge in [-0.2, -0.15) is 13.2 Å². The van der Waals surface area contributed by atoms with Gasteiger partial charge >= 0.3 is 6.18 Å². The molecule has 4 nitrogen and oxygen atoms in total. The van der Waals surface area contributed by atoms with Crippen LogP contribution in [0.2, 0.25) is 0 Å². The van der Waals surface area contributed by atoms with Gasteiger partial charge in [0.05, 0.1) is 18.4 Å². The molecule has 1 atom stereocenters. The fraction of sp³-hybridized carbons (Fsp3) is 0.444. The summed E-state index contributed by atoms with van der Waals surface area (Å²) in [6.07, 6.45) is -6.05. The fourth-order valence-corrected chi connectivity index (χ4v) is 1.02. The predicted octanol–water partition coefficient (Wildman–Crippen LogP) is 1.24. The summed E-state index contributed by atoms with van der Waals surface area (Å²) in [7, 11) is 0. The highest BCUT2D eigenvalue weighted by atomic mass is 19.4. The lowest BCUT2D eigenvalue weighted by Crippen LogP contribution is -2.40. The topological polar surface area (TPSA) is 62.5 Å². The molecule has 0 radical (unpaired) electrons. The second kappa shape index (κ2) is 4.56. The van der Waals surface area contributed by atoms with Gasteiger partial charge in [0.2, 0.25) is 0 Å². The van der Waals surface area contributed by atoms with Gasteiger partial charge in [0, 0.05) is 0 Å². The Morgan fingerprint density at radius 1 is 1.62 bits per heavy atom. The number of aliphatic hydroxyl groups excluding tert-OH is 1. The van der Waals surface area contributed by atoms with Crippen molar-refractivity contribution in [1.82, 2.24) is 5.32 Å². The largest absolute Gasteiger partial charge is 0.469 e. The molecule has 1 amide bonds. The van der Waals surface area contributed by atoms with E-state index >= 15 is 0 Å². The number of aryl methyl sites for hydroxylation is 1. The highest BCUT2D eigenvalue weighted by molar-refractivity contribution is 5.95. The van der Waals surface area contributed by atoms with Crippen molar-refractivity contribution in [3.05, 3.63) is 23.7 Å². The van der Waals surface area contributed by atoms with Crippen LogP contribution in [0.4, 0.5) is 13.2 Å². The Morgan fingerprint density at radius 2 is 2.25 bits per heavy atom. The van der Waals surface area contributed by atoms with Gasteiger partial charge in [-0.25, -0.2) is 0 Å². The molecule has 0 fully saturated rings. The van der Waals surface area contributed by atoms with E-state index in [1.807, 2.05) is 5.32 Å². The van der Waals surface area contributed by atoms with E-state index in [1.165, 1.54) is 19.3 Å². The lowest BCUT2D eigenvalue weighted by molar-refractivity contribution is -0.201. The zero-order valence-electron chi connectivity index (χ0n) is 8.34. The molecule has 1 aromatic rings. The number of amides is 1. The number of hydrogen-bond donors (Lipinski definition) is 2. The van der Waals surface area contributed by atoms with Crippen molar-refractivity contribution in [2.24, 2.45) is 0 Å². The Balaban J connectivity index is 2.52. The summed E-state index contributed by atoms with van der Waals surface area (Å²) in [5.41, 5.74) is 0.148. The highest BCUT2D eigenvalue weighted by Gasteiger charge is 2.38. The van der Waals surface area contributed by atoms with Crippen molar-refractivity contribution in [2.45, 2.75) is 19.2 Å². The number of hydrogen-bond acceptors (Lipinski definition) is 3. The first kappa shape index (κ1) is 12.6. The molecule has 0 bridgehead atoms. The molecule has 0 spiro atoms. The zero-order chi connectivity index (χ0) is 12.3. The summed E-state index contributed by atoms with van der Waals surface area (Å²) >= 11 is 0. The molecule has 0 aliphatic carbocycles. The zero-order valence-corrected chi connectivity index (χ0v) is 8.34. The van der Waals surface area contributed by atoms with Gasteiger partial charge in [-0.3, -0.25) is 4.79 Å². The SMILES string of the molecule is Cc1occc1C(=O)NCC(O)C(F)(F)F. The summed E-state index contributed by atoms with van der Waals surface area (Å²) < 4.78 is 40.5. The summed E-state index contributed by atoms with van der Waals surface area (Å²) in [6.45, 7) is 0.627. The standard InChI is InChI=1S/C9H10F3NO3/c1-5-6(2-3-16-5)8(15)13-4-7(14)9(10,11)12/h2-3,7,14H,4H2,1H3,(H,13,15). The number of halogens is 3. The molecule has 1 heterocycles. The highest BCUT2D eigenvalue weighted by Crippen LogP contribution is 2.19. The minimum atomic E-state index is -4.74. The van der Waals surface area contributed by atoms with Crippen molar-refractivity contribution in [2.75, 3.05) is 6.54 Å². The van der Waals surface area contributed by atoms with Crippen LogP contribution in [-0.4, -0.2) is 29.8 Å². The van der Waals surface area contributed by atoms with Gasteiger partial charge in [-0.1, -0.05) is 0 Å². The number of carbonyl (C=O) groups excluding carboxylic acids is 1. The van der Waals surface area contributed by atoms with E-state index in [9.17, 15) is 18.0 Å². The minimum Gasteiger partial charge on any atom is -0.469 e. The van der Waals surface area contributed by atoms with E-state index in [0.717, 1.165) is 0 Å². The maximum atomic E-state index is 11.9. The second-order valence-corrected chi connectivity index (χ2v) is 3.16. The molecule has 1 unspecified atom stereocenters. The van der Waals surface area contributed by atoms with Gasteiger partial charge in [0.15, 0.2) is 6.10 Å². The predicted molar refractivity (Wildman–Crippen MR) is 47.8 cm³/mol. The fourth-order valence-electron chi connectivity index (χ4n) is 1.02. The summed E-state index contributed by atoms with van der Waals surface area (Å²) in [6, 6.07) is 1.34. The molecule has 1 aromatic heterocycles. The number of aliphatic hydroxyl groups is 1. The third-order valence-electron chi connectivity index (χ3n) is 1.94.